The van der Waals surface area contributed by atoms with E-state index in [9.17, 15) is 4.79 Å². The van der Waals surface area contributed by atoms with E-state index in [-0.39, 0.29) is 12.0 Å². The molecule has 0 amide bonds. The summed E-state index contributed by atoms with van der Waals surface area (Å²) in [7, 11) is 5.32. The molecule has 1 aromatic carbocycles. The number of fused-ring (bicyclic) bond motifs is 1. The highest BCUT2D eigenvalue weighted by Gasteiger charge is 2.39. The molecule has 0 bridgehead atoms. The molecule has 1 atom stereocenters. The average Bonchev–Trinajstić information content (AvgIpc) is 3.15. The van der Waals surface area contributed by atoms with Crippen LogP contribution in [0.25, 0.3) is 0 Å². The molecule has 29 heavy (non-hydrogen) atoms. The Morgan fingerprint density at radius 2 is 1.90 bits per heavy atom. The van der Waals surface area contributed by atoms with Crippen LogP contribution in [0.15, 0.2) is 30.6 Å². The molecule has 7 heteroatoms. The monoisotopic (exact) mass is 398 g/mol. The summed E-state index contributed by atoms with van der Waals surface area (Å²) in [6.45, 7) is 3.62. The second kappa shape index (κ2) is 8.55. The molecule has 0 spiro atoms. The van der Waals surface area contributed by atoms with Crippen molar-refractivity contribution in [3.8, 4) is 5.75 Å². The number of esters is 1. The van der Waals surface area contributed by atoms with Crippen LogP contribution in [0, 0.1) is 0 Å². The maximum absolute atomic E-state index is 12.5. The number of piperidine rings is 1. The lowest BCUT2D eigenvalue weighted by Crippen LogP contribution is -2.54. The summed E-state index contributed by atoms with van der Waals surface area (Å²) in [4.78, 5) is 21.9. The van der Waals surface area contributed by atoms with Crippen molar-refractivity contribution in [2.75, 3.05) is 34.4 Å². The van der Waals surface area contributed by atoms with Crippen LogP contribution >= 0.6 is 0 Å². The fraction of sp³-hybridized carbons (Fsp3) is 0.545. The molecule has 2 aromatic rings. The number of rotatable bonds is 5. The van der Waals surface area contributed by atoms with Crippen molar-refractivity contribution in [1.29, 1.82) is 0 Å². The van der Waals surface area contributed by atoms with Gasteiger partial charge in [0.05, 0.1) is 31.9 Å². The van der Waals surface area contributed by atoms with Gasteiger partial charge in [-0.3, -0.25) is 9.69 Å². The minimum absolute atomic E-state index is 0.153. The zero-order chi connectivity index (χ0) is 20.4. The van der Waals surface area contributed by atoms with Crippen LogP contribution in [0.4, 0.5) is 0 Å². The number of ether oxygens (including phenoxy) is 2. The Morgan fingerprint density at radius 3 is 2.55 bits per heavy atom. The van der Waals surface area contributed by atoms with Gasteiger partial charge in [0.2, 0.25) is 0 Å². The topological polar surface area (TPSA) is 59.8 Å². The molecule has 0 radical (unpaired) electrons. The van der Waals surface area contributed by atoms with Gasteiger partial charge in [0.15, 0.2) is 0 Å². The number of hydrogen-bond donors (Lipinski definition) is 0. The smallest absolute Gasteiger partial charge is 0.323 e. The van der Waals surface area contributed by atoms with Crippen LogP contribution in [0.1, 0.15) is 29.8 Å². The molecule has 3 heterocycles. The number of carbonyl (C=O) groups excluding carboxylic acids is 1. The molecule has 2 aliphatic rings. The van der Waals surface area contributed by atoms with Crippen molar-refractivity contribution in [1.82, 2.24) is 19.4 Å². The normalized spacial score (nSPS) is 21.0. The average molecular weight is 399 g/mol. The van der Waals surface area contributed by atoms with Gasteiger partial charge in [-0.1, -0.05) is 12.1 Å². The van der Waals surface area contributed by atoms with E-state index in [1.54, 1.807) is 7.11 Å². The first-order valence-corrected chi connectivity index (χ1v) is 10.3. The number of methoxy groups -OCH3 is 2. The van der Waals surface area contributed by atoms with Crippen molar-refractivity contribution in [2.45, 2.75) is 44.4 Å². The zero-order valence-electron chi connectivity index (χ0n) is 17.5. The van der Waals surface area contributed by atoms with E-state index in [4.69, 9.17) is 9.47 Å². The third-order valence-corrected chi connectivity index (χ3v) is 6.29. The second-order valence-electron chi connectivity index (χ2n) is 8.06. The highest BCUT2D eigenvalue weighted by atomic mass is 16.5. The fourth-order valence-electron chi connectivity index (χ4n) is 4.51. The molecule has 0 saturated carbocycles. The van der Waals surface area contributed by atoms with Crippen molar-refractivity contribution in [3.05, 3.63) is 47.5 Å². The Kier molecular flexibility index (Phi) is 5.87. The first-order chi connectivity index (χ1) is 14.1. The number of hydrogen-bond acceptors (Lipinski definition) is 6. The summed E-state index contributed by atoms with van der Waals surface area (Å²) in [5.41, 5.74) is 3.42. The molecule has 4 rings (SSSR count). The van der Waals surface area contributed by atoms with Crippen LogP contribution in [0.3, 0.4) is 0 Å². The quantitative estimate of drug-likeness (QED) is 0.718. The molecule has 156 valence electrons. The number of aromatic nitrogens is 2. The number of carbonyl (C=O) groups is 1. The summed E-state index contributed by atoms with van der Waals surface area (Å²) in [5, 5.41) is 0. The predicted molar refractivity (Wildman–Crippen MR) is 110 cm³/mol. The number of likely N-dealkylation sites (tertiary alicyclic amines) is 1. The van der Waals surface area contributed by atoms with Crippen LogP contribution < -0.4 is 4.74 Å². The molecule has 0 unspecified atom stereocenters. The molecule has 1 saturated heterocycles. The van der Waals surface area contributed by atoms with Crippen LogP contribution in [0.2, 0.25) is 0 Å². The van der Waals surface area contributed by atoms with Crippen LogP contribution in [-0.4, -0.2) is 71.8 Å². The van der Waals surface area contributed by atoms with E-state index in [0.29, 0.717) is 12.5 Å². The Balaban J connectivity index is 1.57. The van der Waals surface area contributed by atoms with E-state index in [1.165, 1.54) is 18.4 Å². The van der Waals surface area contributed by atoms with Gasteiger partial charge in [0.1, 0.15) is 11.8 Å². The third kappa shape index (κ3) is 4.16. The second-order valence-corrected chi connectivity index (χ2v) is 8.06. The first-order valence-electron chi connectivity index (χ1n) is 10.3. The molecule has 2 aliphatic heterocycles. The molecule has 7 nitrogen and oxygen atoms in total. The summed E-state index contributed by atoms with van der Waals surface area (Å²) in [5.74, 6) is 0.704. The van der Waals surface area contributed by atoms with E-state index in [2.05, 4.69) is 38.5 Å². The number of benzene rings is 1. The summed E-state index contributed by atoms with van der Waals surface area (Å²) < 4.78 is 12.6. The summed E-state index contributed by atoms with van der Waals surface area (Å²) >= 11 is 0. The van der Waals surface area contributed by atoms with Gasteiger partial charge in [-0.25, -0.2) is 4.98 Å². The van der Waals surface area contributed by atoms with E-state index < -0.39 is 0 Å². The Labute approximate surface area is 172 Å². The first kappa shape index (κ1) is 19.9. The number of imidazole rings is 1. The van der Waals surface area contributed by atoms with E-state index in [1.807, 2.05) is 18.5 Å². The summed E-state index contributed by atoms with van der Waals surface area (Å²) in [6.07, 6.45) is 4.67. The lowest BCUT2D eigenvalue weighted by Gasteiger charge is -2.42. The van der Waals surface area contributed by atoms with Gasteiger partial charge in [-0.2, -0.15) is 0 Å². The van der Waals surface area contributed by atoms with E-state index in [0.717, 1.165) is 50.5 Å². The lowest BCUT2D eigenvalue weighted by atomic mass is 9.95. The molecule has 0 aliphatic carbocycles. The number of nitrogens with zero attached hydrogens (tertiary/aromatic N) is 4. The van der Waals surface area contributed by atoms with Gasteiger partial charge in [-0.15, -0.1) is 0 Å². The van der Waals surface area contributed by atoms with Crippen molar-refractivity contribution < 1.29 is 14.3 Å². The van der Waals surface area contributed by atoms with E-state index >= 15 is 0 Å². The highest BCUT2D eigenvalue weighted by Crippen LogP contribution is 2.29. The Hall–Kier alpha value is -2.38. The highest BCUT2D eigenvalue weighted by molar-refractivity contribution is 5.76. The molecule has 1 fully saturated rings. The Bertz CT molecular complexity index is 840. The van der Waals surface area contributed by atoms with Crippen LogP contribution in [0.5, 0.6) is 5.75 Å². The maximum Gasteiger partial charge on any atom is 0.323 e. The summed E-state index contributed by atoms with van der Waals surface area (Å²) in [6, 6.07) is 8.28. The van der Waals surface area contributed by atoms with Gasteiger partial charge in [0.25, 0.3) is 0 Å². The van der Waals surface area contributed by atoms with Crippen molar-refractivity contribution in [3.63, 3.8) is 0 Å². The van der Waals surface area contributed by atoms with Gasteiger partial charge < -0.3 is 18.9 Å². The van der Waals surface area contributed by atoms with Gasteiger partial charge >= 0.3 is 5.97 Å². The van der Waals surface area contributed by atoms with Gasteiger partial charge in [0, 0.05) is 25.6 Å². The fourth-order valence-corrected chi connectivity index (χ4v) is 4.51. The third-order valence-electron chi connectivity index (χ3n) is 6.29. The molecule has 1 aromatic heterocycles. The standard InChI is InChI=1S/C22H30N4O3/c1-24-10-8-17(9-11-24)26-14-21-19(12-20(26)22(27)29-3)23-15-25(21)13-16-4-6-18(28-2)7-5-16/h4-7,15,17,20H,8-14H2,1-3H3/t20-/m0/s1. The minimum atomic E-state index is -0.245. The predicted octanol–water partition coefficient (Wildman–Crippen LogP) is 1.93. The zero-order valence-corrected chi connectivity index (χ0v) is 17.5. The molecular weight excluding hydrogens is 368 g/mol. The van der Waals surface area contributed by atoms with Gasteiger partial charge in [-0.05, 0) is 50.7 Å². The lowest BCUT2D eigenvalue weighted by molar-refractivity contribution is -0.149. The minimum Gasteiger partial charge on any atom is -0.497 e. The molecule has 0 N–H and O–H groups in total. The Morgan fingerprint density at radius 1 is 1.17 bits per heavy atom. The van der Waals surface area contributed by atoms with Crippen molar-refractivity contribution in [2.24, 2.45) is 0 Å². The largest absolute Gasteiger partial charge is 0.497 e. The van der Waals surface area contributed by atoms with Crippen LogP contribution in [-0.2, 0) is 29.0 Å². The molecular formula is C22H30N4O3. The SMILES string of the molecule is COC(=O)[C@@H]1Cc2ncn(Cc3ccc(OC)cc3)c2CN1C1CCN(C)CC1. The van der Waals surface area contributed by atoms with Crippen molar-refractivity contribution >= 4 is 5.97 Å². The maximum atomic E-state index is 12.5.